The predicted octanol–water partition coefficient (Wildman–Crippen LogP) is 2.74. The Kier molecular flexibility index (Phi) is 10.4. The average molecular weight is 651 g/mol. The summed E-state index contributed by atoms with van der Waals surface area (Å²) in [7, 11) is 0. The van der Waals surface area contributed by atoms with E-state index in [-0.39, 0.29) is 18.4 Å². The molecule has 0 saturated carbocycles. The highest BCUT2D eigenvalue weighted by atomic mass is 16.6. The minimum atomic E-state index is -0.510. The molecule has 1 amide bonds. The lowest BCUT2D eigenvalue weighted by atomic mass is 10.2. The number of hydrogen-bond donors (Lipinski definition) is 3. The van der Waals surface area contributed by atoms with E-state index in [0.717, 1.165) is 43.1 Å². The maximum absolute atomic E-state index is 12.2. The van der Waals surface area contributed by atoms with E-state index in [0.29, 0.717) is 55.0 Å². The highest BCUT2D eigenvalue weighted by molar-refractivity contribution is 6.04. The molecule has 0 atom stereocenters. The number of pyridine rings is 2. The smallest absolute Gasteiger partial charge is 0.410 e. The van der Waals surface area contributed by atoms with Crippen LogP contribution >= 0.6 is 0 Å². The topological polar surface area (TPSA) is 184 Å². The Labute approximate surface area is 272 Å². The lowest BCUT2D eigenvalue weighted by molar-refractivity contribution is 0.0240. The van der Waals surface area contributed by atoms with Gasteiger partial charge in [-0.05, 0) is 46.8 Å². The molecule has 16 heteroatoms. The molecule has 2 fully saturated rings. The van der Waals surface area contributed by atoms with Crippen LogP contribution in [0.15, 0.2) is 24.5 Å². The Bertz CT molecular complexity index is 1700. The summed E-state index contributed by atoms with van der Waals surface area (Å²) >= 11 is 0. The van der Waals surface area contributed by atoms with Crippen molar-refractivity contribution in [1.29, 1.82) is 0 Å². The van der Waals surface area contributed by atoms with Gasteiger partial charge >= 0.3 is 18.0 Å². The van der Waals surface area contributed by atoms with Crippen molar-refractivity contribution in [3.8, 4) is 0 Å². The van der Waals surface area contributed by atoms with Crippen molar-refractivity contribution in [3.63, 3.8) is 0 Å². The molecule has 4 aromatic rings. The molecule has 2 saturated heterocycles. The van der Waals surface area contributed by atoms with Gasteiger partial charge in [-0.2, -0.15) is 10.2 Å². The number of esters is 2. The van der Waals surface area contributed by atoms with E-state index in [9.17, 15) is 14.4 Å². The molecule has 0 spiro atoms. The second-order valence-corrected chi connectivity index (χ2v) is 11.9. The zero-order valence-electron chi connectivity index (χ0n) is 27.5. The van der Waals surface area contributed by atoms with Gasteiger partial charge in [0.05, 0.1) is 24.6 Å². The third-order valence-corrected chi connectivity index (χ3v) is 7.53. The van der Waals surface area contributed by atoms with E-state index in [1.54, 1.807) is 31.1 Å². The Morgan fingerprint density at radius 2 is 1.19 bits per heavy atom. The predicted molar refractivity (Wildman–Crippen MR) is 175 cm³/mol. The Morgan fingerprint density at radius 1 is 0.723 bits per heavy atom. The second kappa shape index (κ2) is 14.6. The fraction of sp³-hybridized carbons (Fsp3) is 0.516. The summed E-state index contributed by atoms with van der Waals surface area (Å²) in [5.41, 5.74) is 4.33. The standard InChI is InChI=1S/C18H25N5O4.C13H17N5O2/c1-5-26-16(24)15-14-13(20-21-15)12(6-7-19-14)22-8-10-23(11-9-22)17(25)27-18(2,3)4;1-2-20-13(19)12-11-10(16-17-12)9(3-4-15-11)18-7-5-14-6-8-18/h6-7H,5,8-11H2,1-4H3,(H,20,21);3-4,14H,2,5-8H2,1H3,(H,16,17). The van der Waals surface area contributed by atoms with Gasteiger partial charge < -0.3 is 34.2 Å². The van der Waals surface area contributed by atoms with E-state index in [4.69, 9.17) is 14.2 Å². The fourth-order valence-corrected chi connectivity index (χ4v) is 5.37. The van der Waals surface area contributed by atoms with Gasteiger partial charge in [-0.25, -0.2) is 14.4 Å². The summed E-state index contributed by atoms with van der Waals surface area (Å²) in [5.74, 6) is -0.889. The second-order valence-electron chi connectivity index (χ2n) is 11.9. The number of H-pyrrole nitrogens is 2. The van der Waals surface area contributed by atoms with Gasteiger partial charge in [0.2, 0.25) is 0 Å². The average Bonchev–Trinajstić information content (AvgIpc) is 3.70. The summed E-state index contributed by atoms with van der Waals surface area (Å²) in [6.45, 7) is 15.8. The Balaban J connectivity index is 0.000000193. The third kappa shape index (κ3) is 7.70. The van der Waals surface area contributed by atoms with Crippen molar-refractivity contribution < 1.29 is 28.6 Å². The number of piperazine rings is 2. The first-order valence-corrected chi connectivity index (χ1v) is 15.8. The first-order valence-electron chi connectivity index (χ1n) is 15.8. The monoisotopic (exact) mass is 650 g/mol. The molecular formula is C31H42N10O6. The molecule has 0 bridgehead atoms. The maximum Gasteiger partial charge on any atom is 0.410 e. The summed E-state index contributed by atoms with van der Waals surface area (Å²) in [6, 6.07) is 3.80. The van der Waals surface area contributed by atoms with E-state index >= 15 is 0 Å². The molecule has 0 radical (unpaired) electrons. The van der Waals surface area contributed by atoms with Crippen LogP contribution in [0.5, 0.6) is 0 Å². The molecular weight excluding hydrogens is 608 g/mol. The molecule has 0 aliphatic carbocycles. The Hall–Kier alpha value is -4.99. The van der Waals surface area contributed by atoms with Gasteiger partial charge in [0, 0.05) is 64.8 Å². The number of amides is 1. The number of carbonyl (C=O) groups excluding carboxylic acids is 3. The minimum Gasteiger partial charge on any atom is -0.461 e. The largest absolute Gasteiger partial charge is 0.461 e. The normalized spacial score (nSPS) is 15.3. The van der Waals surface area contributed by atoms with Crippen LogP contribution in [0.25, 0.3) is 22.1 Å². The molecule has 0 unspecified atom stereocenters. The van der Waals surface area contributed by atoms with Gasteiger partial charge in [0.25, 0.3) is 0 Å². The number of anilines is 2. The molecule has 47 heavy (non-hydrogen) atoms. The quantitative estimate of drug-likeness (QED) is 0.205. The number of fused-ring (bicyclic) bond motifs is 2. The van der Waals surface area contributed by atoms with Crippen LogP contribution in [-0.2, 0) is 14.2 Å². The van der Waals surface area contributed by atoms with Crippen molar-refractivity contribution in [3.05, 3.63) is 35.9 Å². The van der Waals surface area contributed by atoms with Crippen LogP contribution in [0.1, 0.15) is 55.6 Å². The minimum absolute atomic E-state index is 0.251. The van der Waals surface area contributed by atoms with E-state index in [1.807, 2.05) is 32.9 Å². The van der Waals surface area contributed by atoms with Crippen molar-refractivity contribution in [2.45, 2.75) is 40.2 Å². The zero-order chi connectivity index (χ0) is 33.6. The summed E-state index contributed by atoms with van der Waals surface area (Å²) in [4.78, 5) is 50.7. The van der Waals surface area contributed by atoms with Gasteiger partial charge in [0.15, 0.2) is 11.4 Å². The van der Waals surface area contributed by atoms with Crippen LogP contribution in [0.3, 0.4) is 0 Å². The maximum atomic E-state index is 12.2. The number of nitrogens with zero attached hydrogens (tertiary/aromatic N) is 7. The van der Waals surface area contributed by atoms with Crippen LogP contribution in [-0.4, -0.2) is 124 Å². The van der Waals surface area contributed by atoms with E-state index < -0.39 is 17.5 Å². The number of carbonyl (C=O) groups is 3. The molecule has 3 N–H and O–H groups in total. The van der Waals surface area contributed by atoms with Crippen LogP contribution in [0.2, 0.25) is 0 Å². The summed E-state index contributed by atoms with van der Waals surface area (Å²) in [5, 5.41) is 17.3. The highest BCUT2D eigenvalue weighted by Crippen LogP contribution is 2.28. The Morgan fingerprint density at radius 3 is 1.64 bits per heavy atom. The van der Waals surface area contributed by atoms with Gasteiger partial charge in [-0.1, -0.05) is 0 Å². The molecule has 2 aliphatic rings. The van der Waals surface area contributed by atoms with E-state index in [2.05, 4.69) is 45.5 Å². The molecule has 0 aromatic carbocycles. The molecule has 2 aliphatic heterocycles. The zero-order valence-corrected chi connectivity index (χ0v) is 27.5. The molecule has 4 aromatic heterocycles. The lowest BCUT2D eigenvalue weighted by Crippen LogP contribution is -2.50. The molecule has 6 heterocycles. The lowest BCUT2D eigenvalue weighted by Gasteiger charge is -2.36. The van der Waals surface area contributed by atoms with Crippen LogP contribution < -0.4 is 15.1 Å². The number of hydrogen-bond acceptors (Lipinski definition) is 13. The van der Waals surface area contributed by atoms with Crippen LogP contribution in [0, 0.1) is 0 Å². The molecule has 6 rings (SSSR count). The van der Waals surface area contributed by atoms with Gasteiger partial charge in [0.1, 0.15) is 27.7 Å². The highest BCUT2D eigenvalue weighted by Gasteiger charge is 2.28. The molecule has 16 nitrogen and oxygen atoms in total. The fourth-order valence-electron chi connectivity index (χ4n) is 5.37. The number of aromatic amines is 2. The van der Waals surface area contributed by atoms with Crippen LogP contribution in [0.4, 0.5) is 16.2 Å². The van der Waals surface area contributed by atoms with Crippen molar-refractivity contribution in [2.24, 2.45) is 0 Å². The molecule has 252 valence electrons. The number of nitrogens with one attached hydrogen (secondary N) is 3. The van der Waals surface area contributed by atoms with Crippen molar-refractivity contribution in [1.82, 2.24) is 40.6 Å². The summed E-state index contributed by atoms with van der Waals surface area (Å²) in [6.07, 6.45) is 3.06. The van der Waals surface area contributed by atoms with Gasteiger partial charge in [-0.15, -0.1) is 0 Å². The van der Waals surface area contributed by atoms with Crippen molar-refractivity contribution in [2.75, 3.05) is 75.4 Å². The van der Waals surface area contributed by atoms with Gasteiger partial charge in [-0.3, -0.25) is 20.2 Å². The number of rotatable bonds is 6. The number of aromatic nitrogens is 6. The first kappa shape index (κ1) is 33.4. The first-order chi connectivity index (χ1) is 22.6. The van der Waals surface area contributed by atoms with E-state index in [1.165, 1.54) is 0 Å². The third-order valence-electron chi connectivity index (χ3n) is 7.53. The SMILES string of the molecule is CCOC(=O)c1[nH]nc2c(N3CCN(C(=O)OC(C)(C)C)CC3)ccnc12.CCOC(=O)c1[nH]nc2c(N3CCNCC3)ccnc12. The summed E-state index contributed by atoms with van der Waals surface area (Å²) < 4.78 is 15.5. The number of ether oxygens (including phenoxy) is 3. The van der Waals surface area contributed by atoms with Crippen molar-refractivity contribution >= 4 is 51.5 Å².